The fraction of sp³-hybridized carbons (Fsp3) is 0.421. The fourth-order valence-electron chi connectivity index (χ4n) is 3.99. The third-order valence-electron chi connectivity index (χ3n) is 5.11. The van der Waals surface area contributed by atoms with E-state index in [1.807, 2.05) is 12.1 Å². The van der Waals surface area contributed by atoms with Crippen molar-refractivity contribution in [2.75, 3.05) is 7.11 Å². The van der Waals surface area contributed by atoms with Crippen molar-refractivity contribution >= 4 is 5.97 Å². The molecule has 4 atom stereocenters. The second kappa shape index (κ2) is 5.85. The molecule has 2 fully saturated rings. The molecular formula is C19H20O4. The molecule has 2 aliphatic heterocycles. The van der Waals surface area contributed by atoms with Crippen molar-refractivity contribution in [2.45, 2.75) is 37.4 Å². The van der Waals surface area contributed by atoms with Crippen LogP contribution in [0.1, 0.15) is 30.7 Å². The Morgan fingerprint density at radius 1 is 1.17 bits per heavy atom. The van der Waals surface area contributed by atoms with Gasteiger partial charge < -0.3 is 13.9 Å². The largest absolute Gasteiger partial charge is 0.469 e. The van der Waals surface area contributed by atoms with Crippen molar-refractivity contribution in [3.8, 4) is 11.3 Å². The first-order chi connectivity index (χ1) is 11.3. The zero-order valence-electron chi connectivity index (χ0n) is 13.1. The van der Waals surface area contributed by atoms with Gasteiger partial charge in [0.1, 0.15) is 5.76 Å². The van der Waals surface area contributed by atoms with E-state index < -0.39 is 0 Å². The van der Waals surface area contributed by atoms with Crippen LogP contribution in [0.2, 0.25) is 0 Å². The molecule has 0 aliphatic carbocycles. The highest BCUT2D eigenvalue weighted by atomic mass is 16.5. The maximum atomic E-state index is 12.3. The van der Waals surface area contributed by atoms with Gasteiger partial charge >= 0.3 is 5.97 Å². The molecule has 1 aromatic heterocycles. The Labute approximate surface area is 135 Å². The Balaban J connectivity index is 1.63. The molecule has 23 heavy (non-hydrogen) atoms. The van der Waals surface area contributed by atoms with Gasteiger partial charge in [-0.15, -0.1) is 0 Å². The Morgan fingerprint density at radius 2 is 2.00 bits per heavy atom. The molecule has 0 N–H and O–H groups in total. The Hall–Kier alpha value is -2.07. The Bertz CT molecular complexity index is 674. The minimum atomic E-state index is -0.201. The molecule has 3 heterocycles. The average Bonchev–Trinajstić information content (AvgIpc) is 3.25. The average molecular weight is 312 g/mol. The summed E-state index contributed by atoms with van der Waals surface area (Å²) in [5.41, 5.74) is 2.22. The standard InChI is InChI=1S/C19H20O4/c1-21-19(20)18-15(11-14-8-9-17(18)23-14)12-4-6-13(7-5-12)16-3-2-10-22-16/h2-7,10,14-15,17-18H,8-9,11H2,1H3/t14?,15-,17?,18-/m0/s1. The van der Waals surface area contributed by atoms with E-state index in [4.69, 9.17) is 13.9 Å². The number of esters is 1. The molecule has 4 nitrogen and oxygen atoms in total. The van der Waals surface area contributed by atoms with E-state index in [-0.39, 0.29) is 30.0 Å². The lowest BCUT2D eigenvalue weighted by atomic mass is 9.79. The van der Waals surface area contributed by atoms with Crippen LogP contribution in [0, 0.1) is 5.92 Å². The maximum Gasteiger partial charge on any atom is 0.311 e. The Kier molecular flexibility index (Phi) is 3.69. The van der Waals surface area contributed by atoms with Crippen LogP contribution in [0.5, 0.6) is 0 Å². The molecule has 1 aromatic carbocycles. The highest BCUT2D eigenvalue weighted by Crippen LogP contribution is 2.45. The summed E-state index contributed by atoms with van der Waals surface area (Å²) in [5, 5.41) is 0. The van der Waals surface area contributed by atoms with Crippen LogP contribution in [0.4, 0.5) is 0 Å². The minimum Gasteiger partial charge on any atom is -0.469 e. The summed E-state index contributed by atoms with van der Waals surface area (Å²) in [6.45, 7) is 0. The predicted molar refractivity (Wildman–Crippen MR) is 84.9 cm³/mol. The first-order valence-corrected chi connectivity index (χ1v) is 8.13. The van der Waals surface area contributed by atoms with Crippen LogP contribution in [0.25, 0.3) is 11.3 Å². The van der Waals surface area contributed by atoms with E-state index >= 15 is 0 Å². The molecule has 2 saturated heterocycles. The molecule has 0 saturated carbocycles. The first kappa shape index (κ1) is 14.5. The lowest BCUT2D eigenvalue weighted by Gasteiger charge is -2.35. The summed E-state index contributed by atoms with van der Waals surface area (Å²) in [6, 6.07) is 12.1. The van der Waals surface area contributed by atoms with Gasteiger partial charge in [0.2, 0.25) is 0 Å². The number of carbonyl (C=O) groups is 1. The van der Waals surface area contributed by atoms with Gasteiger partial charge in [0.15, 0.2) is 0 Å². The number of ether oxygens (including phenoxy) is 2. The predicted octanol–water partition coefficient (Wildman–Crippen LogP) is 3.77. The topological polar surface area (TPSA) is 48.7 Å². The van der Waals surface area contributed by atoms with Crippen molar-refractivity contribution in [1.29, 1.82) is 0 Å². The summed E-state index contributed by atoms with van der Waals surface area (Å²) in [4.78, 5) is 12.3. The van der Waals surface area contributed by atoms with E-state index in [9.17, 15) is 4.79 Å². The summed E-state index contributed by atoms with van der Waals surface area (Å²) >= 11 is 0. The van der Waals surface area contributed by atoms with Gasteiger partial charge in [-0.1, -0.05) is 24.3 Å². The van der Waals surface area contributed by atoms with Gasteiger partial charge in [0.25, 0.3) is 0 Å². The van der Waals surface area contributed by atoms with Gasteiger partial charge in [-0.2, -0.15) is 0 Å². The van der Waals surface area contributed by atoms with Crippen LogP contribution >= 0.6 is 0 Å². The maximum absolute atomic E-state index is 12.3. The third-order valence-corrected chi connectivity index (χ3v) is 5.11. The van der Waals surface area contributed by atoms with Crippen LogP contribution in [0.15, 0.2) is 47.1 Å². The van der Waals surface area contributed by atoms with Crippen molar-refractivity contribution in [2.24, 2.45) is 5.92 Å². The molecule has 120 valence electrons. The van der Waals surface area contributed by atoms with Crippen molar-refractivity contribution in [3.05, 3.63) is 48.2 Å². The zero-order valence-corrected chi connectivity index (χ0v) is 13.1. The van der Waals surface area contributed by atoms with Crippen molar-refractivity contribution < 1.29 is 18.7 Å². The number of hydrogen-bond acceptors (Lipinski definition) is 4. The van der Waals surface area contributed by atoms with E-state index in [0.717, 1.165) is 30.6 Å². The summed E-state index contributed by atoms with van der Waals surface area (Å²) < 4.78 is 16.4. The number of carbonyl (C=O) groups excluding carboxylic acids is 1. The molecular weight excluding hydrogens is 292 g/mol. The molecule has 0 amide bonds. The minimum absolute atomic E-state index is 0.00375. The summed E-state index contributed by atoms with van der Waals surface area (Å²) in [7, 11) is 1.46. The quantitative estimate of drug-likeness (QED) is 0.810. The molecule has 0 radical (unpaired) electrons. The van der Waals surface area contributed by atoms with E-state index in [0.29, 0.717) is 0 Å². The summed E-state index contributed by atoms with van der Waals surface area (Å²) in [5.74, 6) is 0.663. The monoisotopic (exact) mass is 312 g/mol. The van der Waals surface area contributed by atoms with Crippen LogP contribution < -0.4 is 0 Å². The highest BCUT2D eigenvalue weighted by Gasteiger charge is 2.47. The molecule has 4 rings (SSSR count). The first-order valence-electron chi connectivity index (χ1n) is 8.13. The zero-order chi connectivity index (χ0) is 15.8. The Morgan fingerprint density at radius 3 is 2.70 bits per heavy atom. The molecule has 2 bridgehead atoms. The number of rotatable bonds is 3. The van der Waals surface area contributed by atoms with E-state index in [1.54, 1.807) is 6.26 Å². The third kappa shape index (κ3) is 2.57. The molecule has 2 unspecified atom stereocenters. The number of furan rings is 1. The normalized spacial score (nSPS) is 29.4. The second-order valence-electron chi connectivity index (χ2n) is 6.36. The van der Waals surface area contributed by atoms with Crippen LogP contribution in [0.3, 0.4) is 0 Å². The van der Waals surface area contributed by atoms with Crippen molar-refractivity contribution in [1.82, 2.24) is 0 Å². The van der Waals surface area contributed by atoms with Gasteiger partial charge in [-0.25, -0.2) is 0 Å². The van der Waals surface area contributed by atoms with Crippen molar-refractivity contribution in [3.63, 3.8) is 0 Å². The lowest BCUT2D eigenvalue weighted by Crippen LogP contribution is -2.39. The lowest BCUT2D eigenvalue weighted by molar-refractivity contribution is -0.156. The second-order valence-corrected chi connectivity index (χ2v) is 6.36. The van der Waals surface area contributed by atoms with Crippen LogP contribution in [-0.2, 0) is 14.3 Å². The smallest absolute Gasteiger partial charge is 0.311 e. The van der Waals surface area contributed by atoms with E-state index in [2.05, 4.69) is 24.3 Å². The summed E-state index contributed by atoms with van der Waals surface area (Å²) in [6.07, 6.45) is 4.82. The fourth-order valence-corrected chi connectivity index (χ4v) is 3.99. The van der Waals surface area contributed by atoms with E-state index in [1.165, 1.54) is 12.7 Å². The number of benzene rings is 1. The SMILES string of the molecule is COC(=O)[C@@H]1C2CCC(C[C@H]1c1ccc(-c3ccco3)cc1)O2. The number of methoxy groups -OCH3 is 1. The number of fused-ring (bicyclic) bond motifs is 2. The molecule has 0 spiro atoms. The number of hydrogen-bond donors (Lipinski definition) is 0. The highest BCUT2D eigenvalue weighted by molar-refractivity contribution is 5.75. The van der Waals surface area contributed by atoms with Gasteiger partial charge in [0.05, 0.1) is 31.5 Å². The molecule has 2 aromatic rings. The van der Waals surface area contributed by atoms with Gasteiger partial charge in [0, 0.05) is 11.5 Å². The van der Waals surface area contributed by atoms with Gasteiger partial charge in [-0.05, 0) is 37.0 Å². The molecule has 2 aliphatic rings. The van der Waals surface area contributed by atoms with Gasteiger partial charge in [-0.3, -0.25) is 4.79 Å². The molecule has 4 heteroatoms. The van der Waals surface area contributed by atoms with Crippen LogP contribution in [-0.4, -0.2) is 25.3 Å².